The molecule has 1 aliphatic rings. The Bertz CT molecular complexity index is 1110. The highest BCUT2D eigenvalue weighted by Crippen LogP contribution is 2.31. The molecule has 34 heavy (non-hydrogen) atoms. The lowest BCUT2D eigenvalue weighted by Gasteiger charge is -2.33. The van der Waals surface area contributed by atoms with Crippen molar-refractivity contribution in [2.75, 3.05) is 32.8 Å². The van der Waals surface area contributed by atoms with Gasteiger partial charge in [-0.1, -0.05) is 29.8 Å². The van der Waals surface area contributed by atoms with Crippen molar-refractivity contribution in [1.82, 2.24) is 20.4 Å². The molecule has 2 aromatic carbocycles. The van der Waals surface area contributed by atoms with Gasteiger partial charge in [0.25, 0.3) is 11.8 Å². The van der Waals surface area contributed by atoms with E-state index in [4.69, 9.17) is 20.8 Å². The number of nitrogens with one attached hydrogen (secondary N) is 1. The number of alkyl halides is 4. The van der Waals surface area contributed by atoms with E-state index in [1.807, 2.05) is 4.90 Å². The number of rotatable bonds is 7. The number of ether oxygens (including phenoxy) is 2. The van der Waals surface area contributed by atoms with Gasteiger partial charge < -0.3 is 19.2 Å². The van der Waals surface area contributed by atoms with Crippen LogP contribution in [0.15, 0.2) is 59.0 Å². The van der Waals surface area contributed by atoms with E-state index in [0.29, 0.717) is 37.4 Å². The Morgan fingerprint density at radius 1 is 1.06 bits per heavy atom. The van der Waals surface area contributed by atoms with E-state index < -0.39 is 17.3 Å². The first-order chi connectivity index (χ1) is 16.2. The number of hydrogen-bond acceptors (Lipinski definition) is 7. The summed E-state index contributed by atoms with van der Waals surface area (Å²) < 4.78 is 52.2. The molecule has 1 N–H and O–H groups in total. The van der Waals surface area contributed by atoms with Crippen LogP contribution in [0, 0.1) is 0 Å². The number of amides is 1. The maximum absolute atomic E-state index is 12.9. The molecule has 1 unspecified atom stereocenters. The zero-order valence-electron chi connectivity index (χ0n) is 17.7. The Morgan fingerprint density at radius 3 is 2.38 bits per heavy atom. The molecule has 12 heteroatoms. The third-order valence-corrected chi connectivity index (χ3v) is 5.37. The second-order valence-electron chi connectivity index (χ2n) is 7.49. The Morgan fingerprint density at radius 2 is 1.74 bits per heavy atom. The van der Waals surface area contributed by atoms with E-state index >= 15 is 0 Å². The van der Waals surface area contributed by atoms with Crippen molar-refractivity contribution >= 4 is 17.5 Å². The minimum Gasteiger partial charge on any atom is -0.417 e. The van der Waals surface area contributed by atoms with Crippen LogP contribution < -0.4 is 10.1 Å². The normalized spacial score (nSPS) is 16.6. The Hall–Kier alpha value is -3.15. The Kier molecular flexibility index (Phi) is 7.05. The average molecular weight is 497 g/mol. The first kappa shape index (κ1) is 24.0. The van der Waals surface area contributed by atoms with Gasteiger partial charge in [-0.15, -0.1) is 23.4 Å². The van der Waals surface area contributed by atoms with Crippen molar-refractivity contribution in [2.45, 2.75) is 11.4 Å². The summed E-state index contributed by atoms with van der Waals surface area (Å²) in [6.45, 7) is 2.38. The Balaban J connectivity index is 1.58. The predicted octanol–water partition coefficient (Wildman–Crippen LogP) is 3.79. The van der Waals surface area contributed by atoms with E-state index in [1.54, 1.807) is 30.3 Å². The molecule has 1 atom stereocenters. The molecule has 0 aliphatic carbocycles. The van der Waals surface area contributed by atoms with E-state index in [-0.39, 0.29) is 24.1 Å². The largest absolute Gasteiger partial charge is 0.573 e. The van der Waals surface area contributed by atoms with Crippen molar-refractivity contribution in [3.8, 4) is 17.2 Å². The van der Waals surface area contributed by atoms with Gasteiger partial charge in [0.05, 0.1) is 13.2 Å². The summed E-state index contributed by atoms with van der Waals surface area (Å²) in [7, 11) is 0. The molecule has 0 radical (unpaired) electrons. The number of carbonyl (C=O) groups excluding carboxylic acids is 1. The van der Waals surface area contributed by atoms with Gasteiger partial charge in [0, 0.05) is 30.8 Å². The van der Waals surface area contributed by atoms with Gasteiger partial charge in [0.2, 0.25) is 10.9 Å². The zero-order chi connectivity index (χ0) is 24.2. The molecule has 1 amide bonds. The fourth-order valence-electron chi connectivity index (χ4n) is 3.37. The topological polar surface area (TPSA) is 89.7 Å². The highest BCUT2D eigenvalue weighted by Gasteiger charge is 2.40. The fraction of sp³-hybridized carbons (Fsp3) is 0.318. The molecule has 1 aromatic heterocycles. The van der Waals surface area contributed by atoms with Crippen LogP contribution in [0.4, 0.5) is 13.2 Å². The quantitative estimate of drug-likeness (QED) is 0.393. The van der Waals surface area contributed by atoms with Crippen molar-refractivity contribution in [3.05, 3.63) is 66.1 Å². The number of morpholine rings is 1. The van der Waals surface area contributed by atoms with Crippen LogP contribution in [0.25, 0.3) is 11.5 Å². The Labute approximate surface area is 197 Å². The number of benzene rings is 2. The monoisotopic (exact) mass is 496 g/mol. The third-order valence-electron chi connectivity index (χ3n) is 4.99. The van der Waals surface area contributed by atoms with Crippen LogP contribution in [0.5, 0.6) is 5.75 Å². The number of nitrogens with zero attached hydrogens (tertiary/aromatic N) is 3. The predicted molar refractivity (Wildman–Crippen MR) is 115 cm³/mol. The van der Waals surface area contributed by atoms with Gasteiger partial charge >= 0.3 is 6.36 Å². The lowest BCUT2D eigenvalue weighted by atomic mass is 10.1. The second kappa shape index (κ2) is 10.00. The summed E-state index contributed by atoms with van der Waals surface area (Å²) in [6, 6.07) is 13.5. The molecule has 3 aromatic rings. The molecule has 8 nitrogen and oxygen atoms in total. The zero-order valence-corrected chi connectivity index (χ0v) is 18.5. The number of aromatic nitrogens is 2. The average Bonchev–Trinajstić information content (AvgIpc) is 3.31. The number of hydrogen-bond donors (Lipinski definition) is 1. The third kappa shape index (κ3) is 6.04. The summed E-state index contributed by atoms with van der Waals surface area (Å²) in [5, 5.41) is 10.8. The van der Waals surface area contributed by atoms with Gasteiger partial charge in [0.1, 0.15) is 5.75 Å². The summed E-state index contributed by atoms with van der Waals surface area (Å²) in [5.74, 6) is -0.854. The van der Waals surface area contributed by atoms with Gasteiger partial charge in [0.15, 0.2) is 0 Å². The SMILES string of the molecule is O=C(NC(Cl)(CN1CCOCC1)c1nnc(-c2ccc(OC(F)(F)F)cc2)o1)c1ccccc1. The first-order valence-electron chi connectivity index (χ1n) is 10.3. The molecule has 0 spiro atoms. The van der Waals surface area contributed by atoms with E-state index in [9.17, 15) is 18.0 Å². The van der Waals surface area contributed by atoms with Crippen molar-refractivity contribution < 1.29 is 31.9 Å². The number of halogens is 4. The van der Waals surface area contributed by atoms with E-state index in [1.165, 1.54) is 12.1 Å². The molecule has 0 saturated carbocycles. The van der Waals surface area contributed by atoms with Crippen molar-refractivity contribution in [2.24, 2.45) is 0 Å². The van der Waals surface area contributed by atoms with Gasteiger partial charge in [-0.2, -0.15) is 0 Å². The van der Waals surface area contributed by atoms with Crippen LogP contribution >= 0.6 is 11.6 Å². The molecular weight excluding hydrogens is 477 g/mol. The summed E-state index contributed by atoms with van der Waals surface area (Å²) >= 11 is 6.89. The van der Waals surface area contributed by atoms with Crippen LogP contribution in [0.2, 0.25) is 0 Å². The fourth-order valence-corrected chi connectivity index (χ4v) is 3.70. The lowest BCUT2D eigenvalue weighted by Crippen LogP contribution is -2.52. The molecule has 2 heterocycles. The molecule has 1 saturated heterocycles. The van der Waals surface area contributed by atoms with E-state index in [2.05, 4.69) is 20.3 Å². The minimum atomic E-state index is -4.80. The number of carbonyl (C=O) groups is 1. The van der Waals surface area contributed by atoms with E-state index in [0.717, 1.165) is 12.1 Å². The standard InChI is InChI=1S/C22H20ClF3N4O4/c23-21(14-30-10-12-32-13-11-30,27-18(31)15-4-2-1-3-5-15)20-29-28-19(33-20)16-6-8-17(9-7-16)34-22(24,25)26/h1-9H,10-14H2,(H,27,31). The molecular formula is C22H20ClF3N4O4. The summed E-state index contributed by atoms with van der Waals surface area (Å²) in [4.78, 5) is 13.3. The van der Waals surface area contributed by atoms with Gasteiger partial charge in [-0.05, 0) is 36.4 Å². The van der Waals surface area contributed by atoms with Crippen LogP contribution in [-0.2, 0) is 9.73 Å². The smallest absolute Gasteiger partial charge is 0.417 e. The minimum absolute atomic E-state index is 0.0227. The van der Waals surface area contributed by atoms with Gasteiger partial charge in [-0.3, -0.25) is 9.69 Å². The molecule has 1 aliphatic heterocycles. The van der Waals surface area contributed by atoms with Gasteiger partial charge in [-0.25, -0.2) is 0 Å². The van der Waals surface area contributed by atoms with Crippen LogP contribution in [-0.4, -0.2) is 60.2 Å². The highest BCUT2D eigenvalue weighted by atomic mass is 35.5. The van der Waals surface area contributed by atoms with Crippen molar-refractivity contribution in [3.63, 3.8) is 0 Å². The van der Waals surface area contributed by atoms with Crippen LogP contribution in [0.1, 0.15) is 16.2 Å². The maximum Gasteiger partial charge on any atom is 0.573 e. The first-order valence-corrected chi connectivity index (χ1v) is 10.7. The van der Waals surface area contributed by atoms with Crippen molar-refractivity contribution in [1.29, 1.82) is 0 Å². The molecule has 180 valence electrons. The molecule has 0 bridgehead atoms. The maximum atomic E-state index is 12.9. The molecule has 4 rings (SSSR count). The highest BCUT2D eigenvalue weighted by molar-refractivity contribution is 6.25. The second-order valence-corrected chi connectivity index (χ2v) is 8.14. The van der Waals surface area contributed by atoms with Crippen LogP contribution in [0.3, 0.4) is 0 Å². The summed E-state index contributed by atoms with van der Waals surface area (Å²) in [5.41, 5.74) is 0.752. The molecule has 1 fully saturated rings. The lowest BCUT2D eigenvalue weighted by molar-refractivity contribution is -0.274. The summed E-state index contributed by atoms with van der Waals surface area (Å²) in [6.07, 6.45) is -4.80.